The smallest absolute Gasteiger partial charge is 0.256 e. The van der Waals surface area contributed by atoms with Crippen molar-refractivity contribution in [3.05, 3.63) is 89.5 Å². The average molecular weight is 382 g/mol. The molecule has 0 saturated heterocycles. The van der Waals surface area contributed by atoms with Crippen LogP contribution < -0.4 is 10.1 Å². The molecule has 29 heavy (non-hydrogen) atoms. The molecule has 0 atom stereocenters. The minimum atomic E-state index is -0.150. The van der Waals surface area contributed by atoms with Gasteiger partial charge in [0.1, 0.15) is 5.75 Å². The van der Waals surface area contributed by atoms with Crippen LogP contribution in [0.5, 0.6) is 5.75 Å². The molecule has 144 valence electrons. The monoisotopic (exact) mass is 382 g/mol. The van der Waals surface area contributed by atoms with Crippen LogP contribution in [-0.2, 0) is 0 Å². The molecule has 0 bridgehead atoms. The van der Waals surface area contributed by atoms with E-state index >= 15 is 0 Å². The highest BCUT2D eigenvalue weighted by molar-refractivity contribution is 6.13. The number of rotatable bonds is 4. The van der Waals surface area contributed by atoms with E-state index in [1.807, 2.05) is 80.6 Å². The van der Waals surface area contributed by atoms with Crippen LogP contribution in [0.4, 0.5) is 5.69 Å². The number of para-hydroxylation sites is 1. The number of aromatic nitrogens is 1. The zero-order valence-electron chi connectivity index (χ0n) is 16.7. The van der Waals surface area contributed by atoms with E-state index in [-0.39, 0.29) is 5.91 Å². The molecule has 0 unspecified atom stereocenters. The van der Waals surface area contributed by atoms with Gasteiger partial charge in [-0.05, 0) is 67.9 Å². The van der Waals surface area contributed by atoms with Crippen molar-refractivity contribution in [2.45, 2.75) is 13.8 Å². The van der Waals surface area contributed by atoms with Crippen LogP contribution in [0.15, 0.2) is 72.8 Å². The Morgan fingerprint density at radius 2 is 1.66 bits per heavy atom. The molecular formula is C25H22N2O2. The number of nitrogens with zero attached hydrogens (tertiary/aromatic N) is 1. The molecule has 0 aliphatic carbocycles. The maximum absolute atomic E-state index is 13.2. The summed E-state index contributed by atoms with van der Waals surface area (Å²) in [5.41, 5.74) is 6.04. The van der Waals surface area contributed by atoms with Gasteiger partial charge in [-0.3, -0.25) is 4.79 Å². The van der Waals surface area contributed by atoms with Crippen LogP contribution >= 0.6 is 0 Å². The minimum absolute atomic E-state index is 0.150. The predicted molar refractivity (Wildman–Crippen MR) is 118 cm³/mol. The summed E-state index contributed by atoms with van der Waals surface area (Å²) in [4.78, 5) is 18.0. The normalized spacial score (nSPS) is 10.7. The molecule has 4 nitrogen and oxygen atoms in total. The fourth-order valence-electron chi connectivity index (χ4n) is 3.50. The van der Waals surface area contributed by atoms with Crippen molar-refractivity contribution in [1.82, 2.24) is 4.98 Å². The van der Waals surface area contributed by atoms with Crippen LogP contribution in [-0.4, -0.2) is 18.0 Å². The van der Waals surface area contributed by atoms with E-state index < -0.39 is 0 Å². The summed E-state index contributed by atoms with van der Waals surface area (Å²) >= 11 is 0. The van der Waals surface area contributed by atoms with Gasteiger partial charge in [-0.1, -0.05) is 29.8 Å². The summed E-state index contributed by atoms with van der Waals surface area (Å²) in [5.74, 6) is 0.631. The highest BCUT2D eigenvalue weighted by Crippen LogP contribution is 2.29. The van der Waals surface area contributed by atoms with Gasteiger partial charge in [-0.25, -0.2) is 4.98 Å². The molecular weight excluding hydrogens is 360 g/mol. The molecule has 1 amide bonds. The number of fused-ring (bicyclic) bond motifs is 1. The number of ether oxygens (including phenoxy) is 1. The third-order valence-electron chi connectivity index (χ3n) is 4.91. The number of anilines is 1. The molecule has 1 aromatic heterocycles. The fourth-order valence-corrected chi connectivity index (χ4v) is 3.50. The van der Waals surface area contributed by atoms with Crippen molar-refractivity contribution in [3.63, 3.8) is 0 Å². The number of nitrogens with one attached hydrogen (secondary N) is 1. The second-order valence-electron chi connectivity index (χ2n) is 7.08. The van der Waals surface area contributed by atoms with Crippen molar-refractivity contribution in [2.75, 3.05) is 12.4 Å². The number of aryl methyl sites for hydroxylation is 2. The second kappa shape index (κ2) is 7.76. The first kappa shape index (κ1) is 18.7. The predicted octanol–water partition coefficient (Wildman–Crippen LogP) is 5.78. The molecule has 0 saturated carbocycles. The maximum atomic E-state index is 13.2. The SMILES string of the molecule is COc1ccc(-c2cc(C(=O)Nc3ccccc3)c3cc(C)cc(C)c3n2)cc1. The summed E-state index contributed by atoms with van der Waals surface area (Å²) in [7, 11) is 1.64. The van der Waals surface area contributed by atoms with Gasteiger partial charge in [0.25, 0.3) is 5.91 Å². The quantitative estimate of drug-likeness (QED) is 0.487. The summed E-state index contributed by atoms with van der Waals surface area (Å²) in [6.07, 6.45) is 0. The lowest BCUT2D eigenvalue weighted by molar-refractivity contribution is 0.102. The Morgan fingerprint density at radius 1 is 0.931 bits per heavy atom. The Labute approximate surface area is 170 Å². The van der Waals surface area contributed by atoms with Crippen LogP contribution in [0, 0.1) is 13.8 Å². The lowest BCUT2D eigenvalue weighted by Crippen LogP contribution is -2.13. The molecule has 0 spiro atoms. The van der Waals surface area contributed by atoms with Crippen molar-refractivity contribution < 1.29 is 9.53 Å². The first-order valence-corrected chi connectivity index (χ1v) is 9.48. The zero-order valence-corrected chi connectivity index (χ0v) is 16.7. The number of carbonyl (C=O) groups excluding carboxylic acids is 1. The van der Waals surface area contributed by atoms with E-state index in [4.69, 9.17) is 9.72 Å². The van der Waals surface area contributed by atoms with Gasteiger partial charge < -0.3 is 10.1 Å². The molecule has 4 rings (SSSR count). The van der Waals surface area contributed by atoms with Gasteiger partial charge in [0.2, 0.25) is 0 Å². The summed E-state index contributed by atoms with van der Waals surface area (Å²) in [6.45, 7) is 4.06. The Bertz CT molecular complexity index is 1180. The number of benzene rings is 3. The molecule has 4 aromatic rings. The number of methoxy groups -OCH3 is 1. The third kappa shape index (κ3) is 3.83. The molecule has 0 aliphatic heterocycles. The number of carbonyl (C=O) groups is 1. The van der Waals surface area contributed by atoms with Gasteiger partial charge in [0.15, 0.2) is 0 Å². The van der Waals surface area contributed by atoms with Crippen molar-refractivity contribution in [1.29, 1.82) is 0 Å². The Balaban J connectivity index is 1.87. The van der Waals surface area contributed by atoms with Gasteiger partial charge >= 0.3 is 0 Å². The van der Waals surface area contributed by atoms with Crippen LogP contribution in [0.3, 0.4) is 0 Å². The Morgan fingerprint density at radius 3 is 2.34 bits per heavy atom. The zero-order chi connectivity index (χ0) is 20.4. The topological polar surface area (TPSA) is 51.2 Å². The third-order valence-corrected chi connectivity index (χ3v) is 4.91. The molecule has 3 aromatic carbocycles. The standard InChI is InChI=1S/C25H22N2O2/c1-16-13-17(2)24-21(14-16)22(25(28)26-19-7-5-4-6-8-19)15-23(27-24)18-9-11-20(29-3)12-10-18/h4-15H,1-3H3,(H,26,28). The van der Waals surface area contributed by atoms with E-state index in [1.54, 1.807) is 7.11 Å². The largest absolute Gasteiger partial charge is 0.497 e. The lowest BCUT2D eigenvalue weighted by Gasteiger charge is -2.13. The molecule has 4 heteroatoms. The molecule has 0 radical (unpaired) electrons. The molecule has 1 N–H and O–H groups in total. The van der Waals surface area contributed by atoms with Gasteiger partial charge in [0.05, 0.1) is 23.9 Å². The number of pyridine rings is 1. The highest BCUT2D eigenvalue weighted by Gasteiger charge is 2.16. The van der Waals surface area contributed by atoms with Crippen molar-refractivity contribution >= 4 is 22.5 Å². The van der Waals surface area contributed by atoms with E-state index in [2.05, 4.69) is 11.4 Å². The molecule has 0 fully saturated rings. The first-order valence-electron chi connectivity index (χ1n) is 9.48. The maximum Gasteiger partial charge on any atom is 0.256 e. The Hall–Kier alpha value is -3.66. The van der Waals surface area contributed by atoms with Crippen molar-refractivity contribution in [2.24, 2.45) is 0 Å². The number of hydrogen-bond acceptors (Lipinski definition) is 3. The molecule has 0 aliphatic rings. The van der Waals surface area contributed by atoms with E-state index in [9.17, 15) is 4.79 Å². The van der Waals surface area contributed by atoms with Crippen molar-refractivity contribution in [3.8, 4) is 17.0 Å². The minimum Gasteiger partial charge on any atom is -0.497 e. The van der Waals surface area contributed by atoms with Gasteiger partial charge in [-0.2, -0.15) is 0 Å². The highest BCUT2D eigenvalue weighted by atomic mass is 16.5. The van der Waals surface area contributed by atoms with Crippen LogP contribution in [0.1, 0.15) is 21.5 Å². The van der Waals surface area contributed by atoms with Crippen LogP contribution in [0.2, 0.25) is 0 Å². The number of amides is 1. The average Bonchev–Trinajstić information content (AvgIpc) is 2.74. The summed E-state index contributed by atoms with van der Waals surface area (Å²) < 4.78 is 5.25. The molecule has 1 heterocycles. The van der Waals surface area contributed by atoms with E-state index in [1.165, 1.54) is 0 Å². The lowest BCUT2D eigenvalue weighted by atomic mass is 9.99. The van der Waals surface area contributed by atoms with E-state index in [0.29, 0.717) is 5.56 Å². The second-order valence-corrected chi connectivity index (χ2v) is 7.08. The van der Waals surface area contributed by atoms with Crippen LogP contribution in [0.25, 0.3) is 22.2 Å². The first-order chi connectivity index (χ1) is 14.0. The van der Waals surface area contributed by atoms with Gasteiger partial charge in [0, 0.05) is 16.6 Å². The van der Waals surface area contributed by atoms with E-state index in [0.717, 1.165) is 44.7 Å². The number of hydrogen-bond donors (Lipinski definition) is 1. The Kier molecular flexibility index (Phi) is 5.00. The fraction of sp³-hybridized carbons (Fsp3) is 0.120. The van der Waals surface area contributed by atoms with Gasteiger partial charge in [-0.15, -0.1) is 0 Å². The summed E-state index contributed by atoms with van der Waals surface area (Å²) in [5, 5.41) is 3.85. The summed E-state index contributed by atoms with van der Waals surface area (Å²) in [6, 6.07) is 23.1.